The highest BCUT2D eigenvalue weighted by molar-refractivity contribution is 5.79. The number of ether oxygens (including phenoxy) is 3. The van der Waals surface area contributed by atoms with Gasteiger partial charge in [-0.2, -0.15) is 0 Å². The Bertz CT molecular complexity index is 191. The fourth-order valence-electron chi connectivity index (χ4n) is 1.64. The molecule has 2 bridgehead atoms. The molecule has 3 atom stereocenters. The van der Waals surface area contributed by atoms with E-state index in [1.165, 1.54) is 0 Å². The number of Topliss-reactive ketones (excluding diaryl/α,β-unsaturated/α-hetero) is 1. The molecule has 2 heterocycles. The Hall–Kier alpha value is -0.450. The van der Waals surface area contributed by atoms with Crippen LogP contribution in [0.25, 0.3) is 0 Å². The molecule has 2 fully saturated rings. The van der Waals surface area contributed by atoms with E-state index in [0.29, 0.717) is 19.4 Å². The number of ketones is 1. The molecule has 0 aromatic carbocycles. The van der Waals surface area contributed by atoms with Crippen molar-refractivity contribution in [3.05, 3.63) is 0 Å². The van der Waals surface area contributed by atoms with Gasteiger partial charge in [-0.25, -0.2) is 0 Å². The van der Waals surface area contributed by atoms with Gasteiger partial charge in [0.1, 0.15) is 11.9 Å². The number of hydrogen-bond donors (Lipinski definition) is 0. The lowest BCUT2D eigenvalue weighted by Crippen LogP contribution is -2.30. The maximum Gasteiger partial charge on any atom is 0.165 e. The molecule has 12 heavy (non-hydrogen) atoms. The summed E-state index contributed by atoms with van der Waals surface area (Å²) in [6, 6.07) is 0. The van der Waals surface area contributed by atoms with Crippen molar-refractivity contribution in [1.29, 1.82) is 0 Å². The quantitative estimate of drug-likeness (QED) is 0.563. The number of rotatable bonds is 1. The second-order valence-corrected chi connectivity index (χ2v) is 3.16. The van der Waals surface area contributed by atoms with E-state index < -0.39 is 0 Å². The van der Waals surface area contributed by atoms with Crippen molar-refractivity contribution >= 4 is 5.78 Å². The van der Waals surface area contributed by atoms with Crippen LogP contribution in [0.2, 0.25) is 0 Å². The molecule has 2 saturated heterocycles. The Labute approximate surface area is 70.8 Å². The van der Waals surface area contributed by atoms with Crippen molar-refractivity contribution in [1.82, 2.24) is 0 Å². The van der Waals surface area contributed by atoms with Crippen LogP contribution in [0.1, 0.15) is 12.8 Å². The van der Waals surface area contributed by atoms with Gasteiger partial charge in [0, 0.05) is 13.5 Å². The molecule has 0 aliphatic carbocycles. The monoisotopic (exact) mass is 172 g/mol. The van der Waals surface area contributed by atoms with E-state index >= 15 is 0 Å². The molecule has 2 aliphatic rings. The lowest BCUT2D eigenvalue weighted by atomic mass is 10.1. The van der Waals surface area contributed by atoms with E-state index in [9.17, 15) is 4.79 Å². The summed E-state index contributed by atoms with van der Waals surface area (Å²) in [4.78, 5) is 11.2. The van der Waals surface area contributed by atoms with E-state index in [4.69, 9.17) is 14.2 Å². The molecule has 2 rings (SSSR count). The largest absolute Gasteiger partial charge is 0.378 e. The van der Waals surface area contributed by atoms with Gasteiger partial charge in [-0.1, -0.05) is 0 Å². The predicted octanol–water partition coefficient (Wildman–Crippen LogP) is 0.106. The van der Waals surface area contributed by atoms with E-state index in [0.717, 1.165) is 0 Å². The zero-order chi connectivity index (χ0) is 8.55. The molecular weight excluding hydrogens is 160 g/mol. The summed E-state index contributed by atoms with van der Waals surface area (Å²) in [5.74, 6) is 0.161. The normalized spacial score (nSPS) is 41.4. The van der Waals surface area contributed by atoms with Gasteiger partial charge in [0.25, 0.3) is 0 Å². The summed E-state index contributed by atoms with van der Waals surface area (Å²) in [6.07, 6.45) is 0.344. The Morgan fingerprint density at radius 1 is 1.50 bits per heavy atom. The van der Waals surface area contributed by atoms with Crippen molar-refractivity contribution in [3.63, 3.8) is 0 Å². The highest BCUT2D eigenvalue weighted by Gasteiger charge is 2.38. The highest BCUT2D eigenvalue weighted by atomic mass is 16.7. The van der Waals surface area contributed by atoms with Gasteiger partial charge in [-0.3, -0.25) is 4.79 Å². The lowest BCUT2D eigenvalue weighted by Gasteiger charge is -2.17. The summed E-state index contributed by atoms with van der Waals surface area (Å²) < 4.78 is 15.8. The SMILES string of the molecule is CO[C@H]1CC(=O)C[C@@H]2OC[C@H]1O2. The maximum atomic E-state index is 11.2. The first-order valence-electron chi connectivity index (χ1n) is 4.11. The predicted molar refractivity (Wildman–Crippen MR) is 39.7 cm³/mol. The third-order valence-electron chi connectivity index (χ3n) is 2.31. The Balaban J connectivity index is 2.09. The maximum absolute atomic E-state index is 11.2. The molecule has 0 unspecified atom stereocenters. The topological polar surface area (TPSA) is 44.8 Å². The van der Waals surface area contributed by atoms with E-state index in [2.05, 4.69) is 0 Å². The first kappa shape index (κ1) is 8.16. The number of carbonyl (C=O) groups excluding carboxylic acids is 1. The van der Waals surface area contributed by atoms with Gasteiger partial charge in [-0.05, 0) is 0 Å². The summed E-state index contributed by atoms with van der Waals surface area (Å²) in [5.41, 5.74) is 0. The van der Waals surface area contributed by atoms with Crippen LogP contribution in [0.15, 0.2) is 0 Å². The third kappa shape index (κ3) is 1.37. The molecule has 0 amide bonds. The molecule has 0 N–H and O–H groups in total. The van der Waals surface area contributed by atoms with Crippen LogP contribution in [-0.2, 0) is 19.0 Å². The standard InChI is InChI=1S/C8H12O4/c1-10-6-2-5(9)3-8-11-4-7(6)12-8/h6-8H,2-4H2,1H3/t6-,7+,8+/m0/s1. The molecule has 0 saturated carbocycles. The lowest BCUT2D eigenvalue weighted by molar-refractivity contribution is -0.125. The van der Waals surface area contributed by atoms with E-state index in [1.54, 1.807) is 7.11 Å². The van der Waals surface area contributed by atoms with Crippen molar-refractivity contribution < 1.29 is 19.0 Å². The number of hydrogen-bond acceptors (Lipinski definition) is 4. The summed E-state index contributed by atoms with van der Waals surface area (Å²) >= 11 is 0. The molecular formula is C8H12O4. The number of fused-ring (bicyclic) bond motifs is 2. The van der Waals surface area contributed by atoms with Crippen LogP contribution in [0.5, 0.6) is 0 Å². The van der Waals surface area contributed by atoms with Gasteiger partial charge >= 0.3 is 0 Å². The molecule has 68 valence electrons. The van der Waals surface area contributed by atoms with Crippen molar-refractivity contribution in [2.75, 3.05) is 13.7 Å². The van der Waals surface area contributed by atoms with Crippen LogP contribution >= 0.6 is 0 Å². The highest BCUT2D eigenvalue weighted by Crippen LogP contribution is 2.25. The van der Waals surface area contributed by atoms with Gasteiger partial charge in [0.15, 0.2) is 6.29 Å². The van der Waals surface area contributed by atoms with Crippen LogP contribution in [0.4, 0.5) is 0 Å². The van der Waals surface area contributed by atoms with Crippen molar-refractivity contribution in [3.8, 4) is 0 Å². The fourth-order valence-corrected chi connectivity index (χ4v) is 1.64. The smallest absolute Gasteiger partial charge is 0.165 e. The van der Waals surface area contributed by atoms with Gasteiger partial charge in [-0.15, -0.1) is 0 Å². The van der Waals surface area contributed by atoms with E-state index in [1.807, 2.05) is 0 Å². The molecule has 2 aliphatic heterocycles. The molecule has 0 aromatic heterocycles. The second-order valence-electron chi connectivity index (χ2n) is 3.16. The van der Waals surface area contributed by atoms with Crippen LogP contribution in [0, 0.1) is 0 Å². The average Bonchev–Trinajstić information content (AvgIpc) is 2.40. The average molecular weight is 172 g/mol. The first-order chi connectivity index (χ1) is 5.79. The first-order valence-corrected chi connectivity index (χ1v) is 4.11. The fraction of sp³-hybridized carbons (Fsp3) is 0.875. The zero-order valence-corrected chi connectivity index (χ0v) is 6.99. The minimum atomic E-state index is -0.317. The van der Waals surface area contributed by atoms with Gasteiger partial charge in [0.2, 0.25) is 0 Å². The zero-order valence-electron chi connectivity index (χ0n) is 6.99. The summed E-state index contributed by atoms with van der Waals surface area (Å²) in [6.45, 7) is 0.552. The third-order valence-corrected chi connectivity index (χ3v) is 2.31. The van der Waals surface area contributed by atoms with Gasteiger partial charge in [0.05, 0.1) is 19.1 Å². The molecule has 0 spiro atoms. The Kier molecular flexibility index (Phi) is 2.12. The van der Waals surface area contributed by atoms with Crippen molar-refractivity contribution in [2.45, 2.75) is 31.3 Å². The second kappa shape index (κ2) is 3.12. The number of carbonyl (C=O) groups is 1. The number of methoxy groups -OCH3 is 1. The van der Waals surface area contributed by atoms with Crippen LogP contribution in [-0.4, -0.2) is 38.0 Å². The Morgan fingerprint density at radius 2 is 2.33 bits per heavy atom. The van der Waals surface area contributed by atoms with E-state index in [-0.39, 0.29) is 24.3 Å². The van der Waals surface area contributed by atoms with Crippen LogP contribution in [0.3, 0.4) is 0 Å². The minimum Gasteiger partial charge on any atom is -0.378 e. The van der Waals surface area contributed by atoms with Crippen LogP contribution < -0.4 is 0 Å². The molecule has 4 nitrogen and oxygen atoms in total. The summed E-state index contributed by atoms with van der Waals surface area (Å²) in [5, 5.41) is 0. The van der Waals surface area contributed by atoms with Crippen molar-refractivity contribution in [2.24, 2.45) is 0 Å². The molecule has 4 heteroatoms. The molecule has 0 radical (unpaired) electrons. The molecule has 0 aromatic rings. The van der Waals surface area contributed by atoms with Gasteiger partial charge < -0.3 is 14.2 Å². The Morgan fingerprint density at radius 3 is 3.08 bits per heavy atom. The minimum absolute atomic E-state index is 0.0496. The summed E-state index contributed by atoms with van der Waals surface area (Å²) in [7, 11) is 1.60.